The third-order valence-electron chi connectivity index (χ3n) is 3.32. The van der Waals surface area contributed by atoms with Gasteiger partial charge in [-0.2, -0.15) is 0 Å². The summed E-state index contributed by atoms with van der Waals surface area (Å²) in [6.45, 7) is 0.648. The number of non-ortho nitro benzene ring substituents is 1. The molecule has 5 heteroatoms. The van der Waals surface area contributed by atoms with Crippen LogP contribution in [-0.2, 0) is 11.2 Å². The standard InChI is InChI=1S/C13H18N2O3/c14-11-3-6-13(9-11)18-8-7-10-1-4-12(5-2-10)15(16)17/h1-2,4-5,11,13H,3,6-9,14H2. The number of hydrogen-bond acceptors (Lipinski definition) is 4. The van der Waals surface area contributed by atoms with Crippen LogP contribution in [0.3, 0.4) is 0 Å². The molecule has 2 atom stereocenters. The third-order valence-corrected chi connectivity index (χ3v) is 3.32. The van der Waals surface area contributed by atoms with Crippen molar-refractivity contribution in [2.75, 3.05) is 6.61 Å². The van der Waals surface area contributed by atoms with Crippen molar-refractivity contribution in [2.24, 2.45) is 5.73 Å². The van der Waals surface area contributed by atoms with Gasteiger partial charge in [0, 0.05) is 18.2 Å². The molecule has 1 aliphatic rings. The van der Waals surface area contributed by atoms with E-state index in [2.05, 4.69) is 0 Å². The first-order valence-electron chi connectivity index (χ1n) is 6.25. The van der Waals surface area contributed by atoms with Crippen LogP contribution in [0.15, 0.2) is 24.3 Å². The fourth-order valence-corrected chi connectivity index (χ4v) is 2.25. The number of nitro groups is 1. The van der Waals surface area contributed by atoms with Crippen LogP contribution >= 0.6 is 0 Å². The van der Waals surface area contributed by atoms with Crippen LogP contribution in [-0.4, -0.2) is 23.7 Å². The monoisotopic (exact) mass is 250 g/mol. The summed E-state index contributed by atoms with van der Waals surface area (Å²) in [5.41, 5.74) is 6.99. The quantitative estimate of drug-likeness (QED) is 0.640. The van der Waals surface area contributed by atoms with Crippen molar-refractivity contribution in [1.29, 1.82) is 0 Å². The van der Waals surface area contributed by atoms with E-state index in [0.29, 0.717) is 6.61 Å². The van der Waals surface area contributed by atoms with E-state index in [1.54, 1.807) is 12.1 Å². The minimum Gasteiger partial charge on any atom is -0.378 e. The fraction of sp³-hybridized carbons (Fsp3) is 0.538. The molecule has 0 aliphatic heterocycles. The van der Waals surface area contributed by atoms with E-state index in [1.807, 2.05) is 0 Å². The number of ether oxygens (including phenoxy) is 1. The van der Waals surface area contributed by atoms with Crippen molar-refractivity contribution in [2.45, 2.75) is 37.8 Å². The molecule has 0 bridgehead atoms. The van der Waals surface area contributed by atoms with Crippen LogP contribution in [0.5, 0.6) is 0 Å². The molecule has 5 nitrogen and oxygen atoms in total. The van der Waals surface area contributed by atoms with Gasteiger partial charge in [0.1, 0.15) is 0 Å². The minimum atomic E-state index is -0.389. The van der Waals surface area contributed by atoms with Crippen molar-refractivity contribution in [1.82, 2.24) is 0 Å². The van der Waals surface area contributed by atoms with Gasteiger partial charge < -0.3 is 10.5 Å². The molecule has 1 aromatic rings. The van der Waals surface area contributed by atoms with Gasteiger partial charge >= 0.3 is 0 Å². The first kappa shape index (κ1) is 13.0. The highest BCUT2D eigenvalue weighted by Crippen LogP contribution is 2.20. The second-order valence-corrected chi connectivity index (χ2v) is 4.74. The lowest BCUT2D eigenvalue weighted by Gasteiger charge is -2.11. The van der Waals surface area contributed by atoms with Crippen molar-refractivity contribution < 1.29 is 9.66 Å². The van der Waals surface area contributed by atoms with Gasteiger partial charge in [-0.05, 0) is 31.2 Å². The number of hydrogen-bond donors (Lipinski definition) is 1. The van der Waals surface area contributed by atoms with Crippen LogP contribution < -0.4 is 5.73 Å². The molecule has 1 aliphatic carbocycles. The molecule has 0 saturated heterocycles. The minimum absolute atomic E-state index is 0.126. The molecule has 98 valence electrons. The summed E-state index contributed by atoms with van der Waals surface area (Å²) in [6.07, 6.45) is 4.10. The van der Waals surface area contributed by atoms with Gasteiger partial charge in [-0.15, -0.1) is 0 Å². The number of nitro benzene ring substituents is 1. The maximum Gasteiger partial charge on any atom is 0.269 e. The number of nitrogens with two attached hydrogens (primary N) is 1. The highest BCUT2D eigenvalue weighted by Gasteiger charge is 2.21. The Morgan fingerprint density at radius 3 is 2.61 bits per heavy atom. The highest BCUT2D eigenvalue weighted by molar-refractivity contribution is 5.32. The number of rotatable bonds is 5. The summed E-state index contributed by atoms with van der Waals surface area (Å²) in [5.74, 6) is 0. The molecule has 0 spiro atoms. The summed E-state index contributed by atoms with van der Waals surface area (Å²) in [6, 6.07) is 6.90. The van der Waals surface area contributed by atoms with Gasteiger partial charge in [0.25, 0.3) is 5.69 Å². The molecule has 0 heterocycles. The molecule has 2 unspecified atom stereocenters. The zero-order chi connectivity index (χ0) is 13.0. The van der Waals surface area contributed by atoms with Crippen LogP contribution in [0.1, 0.15) is 24.8 Å². The van der Waals surface area contributed by atoms with Gasteiger partial charge in [0.2, 0.25) is 0 Å². The summed E-state index contributed by atoms with van der Waals surface area (Å²) in [7, 11) is 0. The second-order valence-electron chi connectivity index (χ2n) is 4.74. The van der Waals surface area contributed by atoms with E-state index in [9.17, 15) is 10.1 Å². The molecule has 0 aromatic heterocycles. The Labute approximate surface area is 106 Å². The van der Waals surface area contributed by atoms with Crippen molar-refractivity contribution in [3.05, 3.63) is 39.9 Å². The van der Waals surface area contributed by atoms with E-state index in [0.717, 1.165) is 31.2 Å². The topological polar surface area (TPSA) is 78.4 Å². The predicted octanol–water partition coefficient (Wildman–Crippen LogP) is 2.03. The Morgan fingerprint density at radius 1 is 1.33 bits per heavy atom. The first-order chi connectivity index (χ1) is 8.65. The van der Waals surface area contributed by atoms with Gasteiger partial charge in [0.05, 0.1) is 17.6 Å². The van der Waals surface area contributed by atoms with Gasteiger partial charge in [-0.3, -0.25) is 10.1 Å². The Morgan fingerprint density at radius 2 is 2.06 bits per heavy atom. The normalized spacial score (nSPS) is 23.2. The van der Waals surface area contributed by atoms with Crippen LogP contribution in [0.4, 0.5) is 5.69 Å². The lowest BCUT2D eigenvalue weighted by molar-refractivity contribution is -0.384. The van der Waals surface area contributed by atoms with E-state index in [4.69, 9.17) is 10.5 Å². The lowest BCUT2D eigenvalue weighted by atomic mass is 10.1. The molecule has 2 rings (SSSR count). The summed E-state index contributed by atoms with van der Waals surface area (Å²) in [4.78, 5) is 10.1. The molecule has 18 heavy (non-hydrogen) atoms. The van der Waals surface area contributed by atoms with E-state index >= 15 is 0 Å². The number of benzene rings is 1. The highest BCUT2D eigenvalue weighted by atomic mass is 16.6. The van der Waals surface area contributed by atoms with Crippen molar-refractivity contribution >= 4 is 5.69 Å². The SMILES string of the molecule is NC1CCC(OCCc2ccc([N+](=O)[O-])cc2)C1. The maximum absolute atomic E-state index is 10.5. The summed E-state index contributed by atoms with van der Waals surface area (Å²) in [5, 5.41) is 10.5. The molecular weight excluding hydrogens is 232 g/mol. The lowest BCUT2D eigenvalue weighted by Crippen LogP contribution is -2.18. The Bertz CT molecular complexity index is 405. The second kappa shape index (κ2) is 5.93. The molecule has 1 aromatic carbocycles. The van der Waals surface area contributed by atoms with Crippen molar-refractivity contribution in [3.63, 3.8) is 0 Å². The zero-order valence-electron chi connectivity index (χ0n) is 10.2. The Kier molecular flexibility index (Phi) is 4.28. The largest absolute Gasteiger partial charge is 0.378 e. The number of nitrogens with zero attached hydrogens (tertiary/aromatic N) is 1. The first-order valence-corrected chi connectivity index (χ1v) is 6.25. The Hall–Kier alpha value is -1.46. The Balaban J connectivity index is 1.75. The average molecular weight is 250 g/mol. The van der Waals surface area contributed by atoms with E-state index < -0.39 is 0 Å². The molecule has 1 fully saturated rings. The molecule has 0 amide bonds. The van der Waals surface area contributed by atoms with E-state index in [1.165, 1.54) is 12.1 Å². The van der Waals surface area contributed by atoms with Gasteiger partial charge in [-0.25, -0.2) is 0 Å². The fourth-order valence-electron chi connectivity index (χ4n) is 2.25. The molecule has 1 saturated carbocycles. The van der Waals surface area contributed by atoms with Crippen LogP contribution in [0.25, 0.3) is 0 Å². The molecule has 0 radical (unpaired) electrons. The summed E-state index contributed by atoms with van der Waals surface area (Å²) < 4.78 is 5.74. The van der Waals surface area contributed by atoms with E-state index in [-0.39, 0.29) is 22.8 Å². The zero-order valence-corrected chi connectivity index (χ0v) is 10.2. The molecular formula is C13H18N2O3. The van der Waals surface area contributed by atoms with Gasteiger partial charge in [-0.1, -0.05) is 12.1 Å². The predicted molar refractivity (Wildman–Crippen MR) is 68.4 cm³/mol. The van der Waals surface area contributed by atoms with Gasteiger partial charge in [0.15, 0.2) is 0 Å². The van der Waals surface area contributed by atoms with Crippen LogP contribution in [0, 0.1) is 10.1 Å². The smallest absolute Gasteiger partial charge is 0.269 e. The average Bonchev–Trinajstić information content (AvgIpc) is 2.76. The third kappa shape index (κ3) is 3.51. The maximum atomic E-state index is 10.5. The van der Waals surface area contributed by atoms with Crippen molar-refractivity contribution in [3.8, 4) is 0 Å². The molecule has 2 N–H and O–H groups in total. The summed E-state index contributed by atoms with van der Waals surface area (Å²) >= 11 is 0. The van der Waals surface area contributed by atoms with Crippen LogP contribution in [0.2, 0.25) is 0 Å².